The van der Waals surface area contributed by atoms with E-state index in [1.54, 1.807) is 0 Å². The summed E-state index contributed by atoms with van der Waals surface area (Å²) in [5, 5.41) is 10.2. The minimum Gasteiger partial charge on any atom is -0.310 e. The molecule has 1 heteroatoms. The van der Waals surface area contributed by atoms with E-state index in [9.17, 15) is 0 Å². The molecule has 10 aromatic rings. The summed E-state index contributed by atoms with van der Waals surface area (Å²) < 4.78 is 0. The fraction of sp³-hybridized carbons (Fsp3) is 0.0545. The summed E-state index contributed by atoms with van der Waals surface area (Å²) >= 11 is 0. The van der Waals surface area contributed by atoms with Crippen LogP contribution in [-0.2, 0) is 5.41 Å². The Balaban J connectivity index is 1.10. The Hall–Kier alpha value is -6.96. The molecule has 0 aliphatic heterocycles. The van der Waals surface area contributed by atoms with Crippen molar-refractivity contribution < 1.29 is 0 Å². The lowest BCUT2D eigenvalue weighted by Gasteiger charge is -2.27. The van der Waals surface area contributed by atoms with Crippen LogP contribution in [0.3, 0.4) is 0 Å². The Morgan fingerprint density at radius 2 is 0.839 bits per heavy atom. The molecule has 11 rings (SSSR count). The highest BCUT2D eigenvalue weighted by molar-refractivity contribution is 6.27. The number of anilines is 3. The maximum Gasteiger partial charge on any atom is 0.0468 e. The first-order valence-corrected chi connectivity index (χ1v) is 19.6. The zero-order chi connectivity index (χ0) is 37.4. The molecule has 10 aromatic carbocycles. The van der Waals surface area contributed by atoms with Gasteiger partial charge in [-0.3, -0.25) is 0 Å². The first-order valence-electron chi connectivity index (χ1n) is 19.6. The third-order valence-electron chi connectivity index (χ3n) is 12.2. The van der Waals surface area contributed by atoms with Crippen LogP contribution in [0.5, 0.6) is 0 Å². The van der Waals surface area contributed by atoms with Gasteiger partial charge in [-0.05, 0) is 124 Å². The minimum atomic E-state index is -0.0392. The van der Waals surface area contributed by atoms with Crippen LogP contribution >= 0.6 is 0 Å². The lowest BCUT2D eigenvalue weighted by molar-refractivity contribution is 0.660. The average molecular weight is 714 g/mol. The molecule has 0 atom stereocenters. The van der Waals surface area contributed by atoms with E-state index in [1.807, 2.05) is 0 Å². The van der Waals surface area contributed by atoms with Crippen molar-refractivity contribution in [3.63, 3.8) is 0 Å². The molecule has 1 aliphatic carbocycles. The van der Waals surface area contributed by atoms with Crippen LogP contribution < -0.4 is 4.90 Å². The van der Waals surface area contributed by atoms with E-state index in [1.165, 1.54) is 87.6 Å². The van der Waals surface area contributed by atoms with Crippen molar-refractivity contribution in [3.8, 4) is 33.4 Å². The Morgan fingerprint density at radius 3 is 1.57 bits per heavy atom. The largest absolute Gasteiger partial charge is 0.310 e. The molecular formula is C55H39N. The molecular weight excluding hydrogens is 675 g/mol. The summed E-state index contributed by atoms with van der Waals surface area (Å²) in [5.74, 6) is 0. The lowest BCUT2D eigenvalue weighted by atomic mass is 9.82. The predicted octanol–water partition coefficient (Wildman–Crippen LogP) is 15.4. The summed E-state index contributed by atoms with van der Waals surface area (Å²) in [6.45, 7) is 4.70. The first-order chi connectivity index (χ1) is 27.5. The standard InChI is InChI=1S/C55H39N/c1-55(2)50-17-9-8-15-48(50)54-47(16-10-18-51(54)55)39-27-32-44(33-28-39)56(43-30-25-37(26-31-43)36-11-4-3-5-12-36)45-34-29-40-20-22-42-24-23-41-21-19-38-13-6-7-14-46(38)52(41)53(42)49(40)35-45/h3-35H,1-2H3. The molecule has 1 nitrogen and oxygen atoms in total. The molecule has 0 spiro atoms. The maximum absolute atomic E-state index is 2.41. The first kappa shape index (κ1) is 32.5. The average Bonchev–Trinajstić information content (AvgIpc) is 3.50. The molecule has 1 aliphatic rings. The number of nitrogens with zero attached hydrogens (tertiary/aromatic N) is 1. The van der Waals surface area contributed by atoms with Crippen molar-refractivity contribution in [1.29, 1.82) is 0 Å². The van der Waals surface area contributed by atoms with Crippen LogP contribution in [0.1, 0.15) is 25.0 Å². The fourth-order valence-corrected chi connectivity index (χ4v) is 9.43. The molecule has 264 valence electrons. The van der Waals surface area contributed by atoms with Gasteiger partial charge in [-0.15, -0.1) is 0 Å². The summed E-state index contributed by atoms with van der Waals surface area (Å²) in [5.41, 5.74) is 13.7. The van der Waals surface area contributed by atoms with Gasteiger partial charge in [0.1, 0.15) is 0 Å². The molecule has 0 fully saturated rings. The molecule has 0 amide bonds. The van der Waals surface area contributed by atoms with E-state index in [0.717, 1.165) is 17.1 Å². The normalized spacial score (nSPS) is 13.0. The molecule has 0 aromatic heterocycles. The highest BCUT2D eigenvalue weighted by atomic mass is 15.1. The van der Waals surface area contributed by atoms with E-state index in [2.05, 4.69) is 219 Å². The predicted molar refractivity (Wildman–Crippen MR) is 240 cm³/mol. The number of fused-ring (bicyclic) bond motifs is 10. The highest BCUT2D eigenvalue weighted by Gasteiger charge is 2.36. The quantitative estimate of drug-likeness (QED) is 0.161. The van der Waals surface area contributed by atoms with Crippen LogP contribution in [-0.4, -0.2) is 0 Å². The summed E-state index contributed by atoms with van der Waals surface area (Å²) in [7, 11) is 0. The fourth-order valence-electron chi connectivity index (χ4n) is 9.43. The van der Waals surface area contributed by atoms with Gasteiger partial charge in [-0.1, -0.05) is 178 Å². The van der Waals surface area contributed by atoms with Crippen molar-refractivity contribution >= 4 is 60.2 Å². The van der Waals surface area contributed by atoms with Gasteiger partial charge < -0.3 is 4.90 Å². The molecule has 0 bridgehead atoms. The zero-order valence-electron chi connectivity index (χ0n) is 31.5. The highest BCUT2D eigenvalue weighted by Crippen LogP contribution is 2.52. The number of rotatable bonds is 5. The van der Waals surface area contributed by atoms with E-state index in [0.29, 0.717) is 0 Å². The van der Waals surface area contributed by atoms with E-state index < -0.39 is 0 Å². The second-order valence-electron chi connectivity index (χ2n) is 15.7. The van der Waals surface area contributed by atoms with Gasteiger partial charge in [0.25, 0.3) is 0 Å². The van der Waals surface area contributed by atoms with Gasteiger partial charge in [0.05, 0.1) is 0 Å². The van der Waals surface area contributed by atoms with Gasteiger partial charge in [0, 0.05) is 22.5 Å². The van der Waals surface area contributed by atoms with Crippen LogP contribution in [0.25, 0.3) is 76.5 Å². The van der Waals surface area contributed by atoms with Crippen molar-refractivity contribution in [2.75, 3.05) is 4.90 Å². The summed E-state index contributed by atoms with van der Waals surface area (Å²) in [4.78, 5) is 2.41. The van der Waals surface area contributed by atoms with E-state index in [4.69, 9.17) is 0 Å². The third-order valence-corrected chi connectivity index (χ3v) is 12.2. The molecule has 56 heavy (non-hydrogen) atoms. The Kier molecular flexibility index (Phi) is 7.28. The van der Waals surface area contributed by atoms with Gasteiger partial charge in [-0.25, -0.2) is 0 Å². The van der Waals surface area contributed by atoms with Gasteiger partial charge in [-0.2, -0.15) is 0 Å². The van der Waals surface area contributed by atoms with Crippen LogP contribution in [0.2, 0.25) is 0 Å². The van der Waals surface area contributed by atoms with Gasteiger partial charge >= 0.3 is 0 Å². The van der Waals surface area contributed by atoms with Crippen molar-refractivity contribution in [3.05, 3.63) is 211 Å². The summed E-state index contributed by atoms with van der Waals surface area (Å²) in [6, 6.07) is 73.9. The topological polar surface area (TPSA) is 3.24 Å². The molecule has 0 radical (unpaired) electrons. The zero-order valence-corrected chi connectivity index (χ0v) is 31.5. The van der Waals surface area contributed by atoms with Crippen LogP contribution in [0, 0.1) is 0 Å². The van der Waals surface area contributed by atoms with Crippen molar-refractivity contribution in [2.45, 2.75) is 19.3 Å². The molecule has 0 N–H and O–H groups in total. The summed E-state index contributed by atoms with van der Waals surface area (Å²) in [6.07, 6.45) is 0. The Morgan fingerprint density at radius 1 is 0.339 bits per heavy atom. The smallest absolute Gasteiger partial charge is 0.0468 e. The number of benzene rings is 10. The lowest BCUT2D eigenvalue weighted by Crippen LogP contribution is -2.14. The van der Waals surface area contributed by atoms with Crippen LogP contribution in [0.15, 0.2) is 200 Å². The van der Waals surface area contributed by atoms with Gasteiger partial charge in [0.15, 0.2) is 0 Å². The number of hydrogen-bond donors (Lipinski definition) is 0. The molecule has 0 saturated heterocycles. The van der Waals surface area contributed by atoms with Gasteiger partial charge in [0.2, 0.25) is 0 Å². The molecule has 0 heterocycles. The van der Waals surface area contributed by atoms with E-state index in [-0.39, 0.29) is 5.41 Å². The second kappa shape index (κ2) is 12.5. The van der Waals surface area contributed by atoms with Crippen molar-refractivity contribution in [1.82, 2.24) is 0 Å². The molecule has 0 unspecified atom stereocenters. The SMILES string of the molecule is CC1(C)c2ccccc2-c2c(-c3ccc(N(c4ccc(-c5ccccc5)cc4)c4ccc5ccc6ccc7ccc8ccccc8c7c6c5c4)cc3)cccc21. The van der Waals surface area contributed by atoms with Crippen molar-refractivity contribution in [2.24, 2.45) is 0 Å². The maximum atomic E-state index is 2.41. The third kappa shape index (κ3) is 5.01. The number of hydrogen-bond acceptors (Lipinski definition) is 1. The van der Waals surface area contributed by atoms with E-state index >= 15 is 0 Å². The minimum absolute atomic E-state index is 0.0392. The Labute approximate surface area is 327 Å². The Bertz CT molecular complexity index is 3130. The monoisotopic (exact) mass is 713 g/mol. The second-order valence-corrected chi connectivity index (χ2v) is 15.7. The van der Waals surface area contributed by atoms with Crippen LogP contribution in [0.4, 0.5) is 17.1 Å². The molecule has 0 saturated carbocycles.